The largest absolute Gasteiger partial charge is 0.478 e. The van der Waals surface area contributed by atoms with Gasteiger partial charge in [-0.25, -0.2) is 17.9 Å². The Labute approximate surface area is 145 Å². The standard InChI is InChI=1S/C15H16ClN3O4S/c1-3-4-5-15(18-19-15)6-7-17-24(22,23)11-8-12(14(20)21)10(2)13(16)9-11/h1,8-9,17H,4-7H2,2H3,(H,20,21). The van der Waals surface area contributed by atoms with Crippen LogP contribution >= 0.6 is 11.6 Å². The Morgan fingerprint density at radius 3 is 2.62 bits per heavy atom. The maximum absolute atomic E-state index is 12.3. The van der Waals surface area contributed by atoms with Gasteiger partial charge >= 0.3 is 5.97 Å². The molecule has 1 aromatic rings. The van der Waals surface area contributed by atoms with Gasteiger partial charge in [0.1, 0.15) is 0 Å². The van der Waals surface area contributed by atoms with Crippen molar-refractivity contribution in [3.05, 3.63) is 28.3 Å². The summed E-state index contributed by atoms with van der Waals surface area (Å²) in [7, 11) is -3.89. The third kappa shape index (κ3) is 4.12. The van der Waals surface area contributed by atoms with E-state index in [9.17, 15) is 13.2 Å². The predicted octanol–water partition coefficient (Wildman–Crippen LogP) is 2.59. The molecule has 2 N–H and O–H groups in total. The molecule has 24 heavy (non-hydrogen) atoms. The van der Waals surface area contributed by atoms with Crippen LogP contribution in [0.25, 0.3) is 0 Å². The van der Waals surface area contributed by atoms with Gasteiger partial charge in [0.25, 0.3) is 0 Å². The number of nitrogens with one attached hydrogen (secondary N) is 1. The summed E-state index contributed by atoms with van der Waals surface area (Å²) < 4.78 is 27.1. The van der Waals surface area contributed by atoms with E-state index in [-0.39, 0.29) is 22.0 Å². The number of carbonyl (C=O) groups is 1. The maximum Gasteiger partial charge on any atom is 0.336 e. The summed E-state index contributed by atoms with van der Waals surface area (Å²) in [6, 6.07) is 2.32. The number of benzene rings is 1. The number of nitrogens with zero attached hydrogens (tertiary/aromatic N) is 2. The van der Waals surface area contributed by atoms with Gasteiger partial charge in [-0.3, -0.25) is 0 Å². The fraction of sp³-hybridized carbons (Fsp3) is 0.400. The number of hydrogen-bond acceptors (Lipinski definition) is 5. The average Bonchev–Trinajstić information content (AvgIpc) is 3.27. The Balaban J connectivity index is 2.08. The highest BCUT2D eigenvalue weighted by molar-refractivity contribution is 7.89. The highest BCUT2D eigenvalue weighted by atomic mass is 35.5. The van der Waals surface area contributed by atoms with Gasteiger partial charge in [0.05, 0.1) is 10.5 Å². The summed E-state index contributed by atoms with van der Waals surface area (Å²) >= 11 is 5.94. The van der Waals surface area contributed by atoms with E-state index in [2.05, 4.69) is 20.9 Å². The lowest BCUT2D eigenvalue weighted by atomic mass is 10.1. The van der Waals surface area contributed by atoms with Gasteiger partial charge in [-0.15, -0.1) is 12.3 Å². The molecule has 1 aromatic carbocycles. The van der Waals surface area contributed by atoms with Crippen LogP contribution in [-0.2, 0) is 10.0 Å². The van der Waals surface area contributed by atoms with Gasteiger partial charge < -0.3 is 5.11 Å². The quantitative estimate of drug-likeness (QED) is 0.686. The monoisotopic (exact) mass is 369 g/mol. The number of hydrogen-bond donors (Lipinski definition) is 2. The molecule has 0 spiro atoms. The van der Waals surface area contributed by atoms with Gasteiger partial charge in [0.15, 0.2) is 5.66 Å². The van der Waals surface area contributed by atoms with Crippen LogP contribution in [-0.4, -0.2) is 31.7 Å². The summed E-state index contributed by atoms with van der Waals surface area (Å²) in [5.74, 6) is 1.26. The summed E-state index contributed by atoms with van der Waals surface area (Å²) in [4.78, 5) is 11.0. The zero-order chi connectivity index (χ0) is 18.0. The molecule has 1 aliphatic rings. The third-order valence-corrected chi connectivity index (χ3v) is 5.56. The van der Waals surface area contributed by atoms with Gasteiger partial charge in [0.2, 0.25) is 10.0 Å². The maximum atomic E-state index is 12.3. The fourth-order valence-electron chi connectivity index (χ4n) is 2.17. The van der Waals surface area contributed by atoms with E-state index < -0.39 is 21.7 Å². The van der Waals surface area contributed by atoms with Crippen molar-refractivity contribution in [3.8, 4) is 12.3 Å². The number of aromatic carboxylic acids is 1. The van der Waals surface area contributed by atoms with E-state index in [0.29, 0.717) is 24.8 Å². The van der Waals surface area contributed by atoms with Crippen molar-refractivity contribution < 1.29 is 18.3 Å². The van der Waals surface area contributed by atoms with Crippen LogP contribution in [0.1, 0.15) is 35.2 Å². The van der Waals surface area contributed by atoms with Crippen molar-refractivity contribution in [1.29, 1.82) is 0 Å². The molecule has 9 heteroatoms. The predicted molar refractivity (Wildman–Crippen MR) is 88.6 cm³/mol. The second-order valence-corrected chi connectivity index (χ2v) is 7.59. The minimum atomic E-state index is -3.89. The van der Waals surface area contributed by atoms with E-state index in [1.807, 2.05) is 0 Å². The summed E-state index contributed by atoms with van der Waals surface area (Å²) in [5, 5.41) is 17.1. The Kier molecular flexibility index (Phi) is 5.28. The van der Waals surface area contributed by atoms with E-state index in [1.54, 1.807) is 0 Å². The zero-order valence-electron chi connectivity index (χ0n) is 12.9. The first-order valence-corrected chi connectivity index (χ1v) is 8.97. The number of terminal acetylenes is 1. The lowest BCUT2D eigenvalue weighted by molar-refractivity contribution is 0.0696. The molecule has 0 unspecified atom stereocenters. The molecule has 0 saturated heterocycles. The van der Waals surface area contributed by atoms with Crippen molar-refractivity contribution in [2.45, 2.75) is 36.7 Å². The van der Waals surface area contributed by atoms with Crippen molar-refractivity contribution in [1.82, 2.24) is 4.72 Å². The van der Waals surface area contributed by atoms with Gasteiger partial charge in [-0.1, -0.05) is 11.6 Å². The highest BCUT2D eigenvalue weighted by Crippen LogP contribution is 2.36. The smallest absolute Gasteiger partial charge is 0.336 e. The van der Waals surface area contributed by atoms with Crippen LogP contribution in [0.5, 0.6) is 0 Å². The Hall–Kier alpha value is -1.95. The van der Waals surface area contributed by atoms with Crippen LogP contribution in [0.2, 0.25) is 5.02 Å². The lowest BCUT2D eigenvalue weighted by Crippen LogP contribution is -2.28. The number of carboxylic acid groups (broad SMARTS) is 1. The number of halogens is 1. The topological polar surface area (TPSA) is 108 Å². The second kappa shape index (κ2) is 6.89. The molecular formula is C15H16ClN3O4S. The van der Waals surface area contributed by atoms with Gasteiger partial charge in [0, 0.05) is 30.8 Å². The number of rotatable bonds is 8. The normalized spacial score (nSPS) is 15.0. The Morgan fingerprint density at radius 2 is 2.08 bits per heavy atom. The summed E-state index contributed by atoms with van der Waals surface area (Å²) in [6.45, 7) is 1.62. The van der Waals surface area contributed by atoms with Gasteiger partial charge in [-0.05, 0) is 24.6 Å². The van der Waals surface area contributed by atoms with Crippen LogP contribution in [0.15, 0.2) is 27.3 Å². The molecule has 0 aromatic heterocycles. The molecule has 0 atom stereocenters. The first-order valence-electron chi connectivity index (χ1n) is 7.11. The van der Waals surface area contributed by atoms with E-state index >= 15 is 0 Å². The van der Waals surface area contributed by atoms with Crippen molar-refractivity contribution in [2.24, 2.45) is 10.2 Å². The van der Waals surface area contributed by atoms with E-state index in [4.69, 9.17) is 23.1 Å². The fourth-order valence-corrected chi connectivity index (χ4v) is 3.54. The van der Waals surface area contributed by atoms with Crippen LogP contribution in [0.3, 0.4) is 0 Å². The SMILES string of the molecule is C#CCCC1(CCNS(=O)(=O)c2cc(Cl)c(C)c(C(=O)O)c2)N=N1. The zero-order valence-corrected chi connectivity index (χ0v) is 14.5. The third-order valence-electron chi connectivity index (χ3n) is 3.73. The molecule has 0 saturated carbocycles. The molecule has 128 valence electrons. The molecule has 1 heterocycles. The first-order chi connectivity index (χ1) is 11.2. The summed E-state index contributed by atoms with van der Waals surface area (Å²) in [6.07, 6.45) is 6.67. The second-order valence-electron chi connectivity index (χ2n) is 5.42. The highest BCUT2D eigenvalue weighted by Gasteiger charge is 2.38. The van der Waals surface area contributed by atoms with Gasteiger partial charge in [-0.2, -0.15) is 10.2 Å². The van der Waals surface area contributed by atoms with Crippen LogP contribution in [0.4, 0.5) is 0 Å². The molecule has 0 aliphatic carbocycles. The minimum absolute atomic E-state index is 0.0768. The van der Waals surface area contributed by atoms with Crippen LogP contribution < -0.4 is 4.72 Å². The average molecular weight is 370 g/mol. The molecule has 0 radical (unpaired) electrons. The van der Waals surface area contributed by atoms with E-state index in [0.717, 1.165) is 6.07 Å². The molecule has 0 bridgehead atoms. The minimum Gasteiger partial charge on any atom is -0.478 e. The molecule has 0 fully saturated rings. The molecule has 7 nitrogen and oxygen atoms in total. The van der Waals surface area contributed by atoms with Crippen molar-refractivity contribution in [2.75, 3.05) is 6.54 Å². The van der Waals surface area contributed by atoms with E-state index in [1.165, 1.54) is 13.0 Å². The number of sulfonamides is 1. The van der Waals surface area contributed by atoms with Crippen LogP contribution in [0, 0.1) is 19.3 Å². The first kappa shape index (κ1) is 18.4. The Morgan fingerprint density at radius 1 is 1.42 bits per heavy atom. The molecular weight excluding hydrogens is 354 g/mol. The molecule has 1 aliphatic heterocycles. The summed E-state index contributed by atoms with van der Waals surface area (Å²) in [5.41, 5.74) is -0.432. The molecule has 2 rings (SSSR count). The lowest BCUT2D eigenvalue weighted by Gasteiger charge is -2.12. The number of carboxylic acids is 1. The van der Waals surface area contributed by atoms with Crippen molar-refractivity contribution in [3.63, 3.8) is 0 Å². The Bertz CT molecular complexity index is 837. The van der Waals surface area contributed by atoms with Crippen molar-refractivity contribution >= 4 is 27.6 Å². The molecule has 0 amide bonds.